The van der Waals surface area contributed by atoms with Crippen LogP contribution in [0.1, 0.15) is 11.3 Å². The van der Waals surface area contributed by atoms with Gasteiger partial charge in [-0.15, -0.1) is 0 Å². The molecule has 0 aliphatic rings. The summed E-state index contributed by atoms with van der Waals surface area (Å²) in [5, 5.41) is 15.2. The Bertz CT molecular complexity index is 564. The Morgan fingerprint density at radius 2 is 2.17 bits per heavy atom. The van der Waals surface area contributed by atoms with Crippen LogP contribution in [0.2, 0.25) is 0 Å². The second-order valence-electron chi connectivity index (χ2n) is 3.16. The van der Waals surface area contributed by atoms with Crippen molar-refractivity contribution >= 4 is 5.84 Å². The molecule has 0 aromatic carbocycles. The molecule has 0 spiro atoms. The Labute approximate surface area is 98.4 Å². The predicted molar refractivity (Wildman–Crippen MR) is 53.0 cm³/mol. The molecule has 6 nitrogen and oxygen atoms in total. The van der Waals surface area contributed by atoms with E-state index in [0.717, 1.165) is 35.7 Å². The number of alkyl halides is 3. The lowest BCUT2D eigenvalue weighted by atomic mass is 10.1. The number of aromatic nitrogens is 4. The van der Waals surface area contributed by atoms with Gasteiger partial charge in [0.15, 0.2) is 0 Å². The van der Waals surface area contributed by atoms with Gasteiger partial charge in [0.25, 0.3) is 0 Å². The molecule has 0 radical (unpaired) electrons. The highest BCUT2D eigenvalue weighted by Gasteiger charge is 2.36. The van der Waals surface area contributed by atoms with Crippen LogP contribution in [0.25, 0.3) is 0 Å². The Hall–Kier alpha value is -2.45. The van der Waals surface area contributed by atoms with Gasteiger partial charge in [-0.25, -0.2) is 4.98 Å². The molecule has 0 aliphatic heterocycles. The summed E-state index contributed by atoms with van der Waals surface area (Å²) in [6.45, 7) is 0. The van der Waals surface area contributed by atoms with Gasteiger partial charge in [0.05, 0.1) is 5.56 Å². The van der Waals surface area contributed by atoms with Gasteiger partial charge in [0, 0.05) is 6.20 Å². The number of hydrogen-bond donors (Lipinski definition) is 1. The van der Waals surface area contributed by atoms with Crippen molar-refractivity contribution in [2.45, 2.75) is 6.18 Å². The van der Waals surface area contributed by atoms with E-state index in [1.54, 1.807) is 0 Å². The van der Waals surface area contributed by atoms with E-state index in [1.165, 1.54) is 0 Å². The molecule has 2 aromatic heterocycles. The highest BCUT2D eigenvalue weighted by Crippen LogP contribution is 2.31. The molecule has 0 amide bonds. The number of oxime groups is 1. The van der Waals surface area contributed by atoms with E-state index >= 15 is 0 Å². The maximum atomic E-state index is 12.8. The van der Waals surface area contributed by atoms with Crippen molar-refractivity contribution in [3.63, 3.8) is 0 Å². The lowest BCUT2D eigenvalue weighted by Crippen LogP contribution is -2.21. The second kappa shape index (κ2) is 4.43. The first-order chi connectivity index (χ1) is 8.54. The average Bonchev–Trinajstić information content (AvgIpc) is 2.83. The summed E-state index contributed by atoms with van der Waals surface area (Å²) in [5.41, 5.74) is -1.55. The molecule has 0 aliphatic carbocycles. The van der Waals surface area contributed by atoms with Crippen LogP contribution in [0.3, 0.4) is 0 Å². The molecule has 0 saturated heterocycles. The van der Waals surface area contributed by atoms with Crippen LogP contribution in [0.4, 0.5) is 13.2 Å². The zero-order chi connectivity index (χ0) is 13.2. The minimum absolute atomic E-state index is 0.458. The van der Waals surface area contributed by atoms with Gasteiger partial charge in [-0.2, -0.15) is 23.0 Å². The van der Waals surface area contributed by atoms with Gasteiger partial charge in [-0.3, -0.25) is 4.98 Å². The average molecular weight is 257 g/mol. The summed E-state index contributed by atoms with van der Waals surface area (Å²) in [7, 11) is 0. The smallest absolute Gasteiger partial charge is 0.409 e. The van der Waals surface area contributed by atoms with E-state index in [4.69, 9.17) is 5.21 Å². The highest BCUT2D eigenvalue weighted by molar-refractivity contribution is 5.98. The summed E-state index contributed by atoms with van der Waals surface area (Å²) in [5.74, 6) is -0.458. The van der Waals surface area contributed by atoms with E-state index in [0.29, 0.717) is 0 Å². The molecule has 94 valence electrons. The van der Waals surface area contributed by atoms with E-state index in [9.17, 15) is 13.2 Å². The van der Waals surface area contributed by atoms with Crippen molar-refractivity contribution in [3.05, 3.63) is 42.2 Å². The fraction of sp³-hybridized carbons (Fsp3) is 0.111. The molecule has 0 fully saturated rings. The fourth-order valence-corrected chi connectivity index (χ4v) is 1.33. The van der Waals surface area contributed by atoms with Gasteiger partial charge < -0.3 is 5.21 Å². The van der Waals surface area contributed by atoms with Crippen molar-refractivity contribution in [1.29, 1.82) is 0 Å². The van der Waals surface area contributed by atoms with E-state index < -0.39 is 23.3 Å². The molecule has 18 heavy (non-hydrogen) atoms. The Morgan fingerprint density at radius 1 is 1.39 bits per heavy atom. The lowest BCUT2D eigenvalue weighted by Gasteiger charge is -2.11. The summed E-state index contributed by atoms with van der Waals surface area (Å²) in [6.07, 6.45) is -1.25. The van der Waals surface area contributed by atoms with E-state index in [2.05, 4.69) is 20.2 Å². The molecule has 0 atom stereocenters. The monoisotopic (exact) mass is 257 g/mol. The van der Waals surface area contributed by atoms with Gasteiger partial charge in [-0.1, -0.05) is 5.16 Å². The van der Waals surface area contributed by atoms with E-state index in [1.807, 2.05) is 0 Å². The van der Waals surface area contributed by atoms with Crippen LogP contribution in [0.15, 0.2) is 36.1 Å². The van der Waals surface area contributed by atoms with Crippen molar-refractivity contribution in [1.82, 2.24) is 19.7 Å². The quantitative estimate of drug-likeness (QED) is 0.362. The topological polar surface area (TPSA) is 76.2 Å². The van der Waals surface area contributed by atoms with Crippen LogP contribution in [-0.4, -0.2) is 30.8 Å². The van der Waals surface area contributed by atoms with Gasteiger partial charge in [-0.05, 0) is 12.1 Å². The molecule has 1 N–H and O–H groups in total. The zero-order valence-electron chi connectivity index (χ0n) is 8.70. The highest BCUT2D eigenvalue weighted by atomic mass is 19.4. The number of halogens is 3. The number of rotatable bonds is 1. The maximum Gasteiger partial charge on any atom is 0.418 e. The molecule has 0 bridgehead atoms. The van der Waals surface area contributed by atoms with Crippen molar-refractivity contribution in [3.8, 4) is 0 Å². The number of nitrogens with zero attached hydrogens (tertiary/aromatic N) is 5. The first kappa shape index (κ1) is 12.0. The van der Waals surface area contributed by atoms with Crippen LogP contribution in [0.5, 0.6) is 0 Å². The van der Waals surface area contributed by atoms with Gasteiger partial charge in [0.2, 0.25) is 5.84 Å². The minimum Gasteiger partial charge on any atom is -0.409 e. The summed E-state index contributed by atoms with van der Waals surface area (Å²) >= 11 is 0. The molecule has 0 unspecified atom stereocenters. The normalized spacial score (nSPS) is 12.7. The maximum absolute atomic E-state index is 12.8. The van der Waals surface area contributed by atoms with Crippen molar-refractivity contribution in [2.24, 2.45) is 5.16 Å². The lowest BCUT2D eigenvalue weighted by molar-refractivity contribution is -0.138. The van der Waals surface area contributed by atoms with Crippen LogP contribution >= 0.6 is 0 Å². The molecular formula is C9H6F3N5O. The summed E-state index contributed by atoms with van der Waals surface area (Å²) in [4.78, 5) is 7.13. The molecule has 0 saturated carbocycles. The molecule has 2 aromatic rings. The standard InChI is InChI=1S/C9H6F3N5O/c10-9(11,12)6-2-1-3-14-7(6)8(16-18)17-5-13-4-15-17/h1-5,18H/b16-8+. The van der Waals surface area contributed by atoms with Gasteiger partial charge in [0.1, 0.15) is 18.3 Å². The fourth-order valence-electron chi connectivity index (χ4n) is 1.33. The first-order valence-corrected chi connectivity index (χ1v) is 4.63. The SMILES string of the molecule is O/N=C(\c1ncccc1C(F)(F)F)n1cncn1. The molecule has 2 rings (SSSR count). The van der Waals surface area contributed by atoms with E-state index in [-0.39, 0.29) is 0 Å². The Balaban J connectivity index is 2.58. The summed E-state index contributed by atoms with van der Waals surface area (Å²) < 4.78 is 39.2. The molecule has 2 heterocycles. The Morgan fingerprint density at radius 3 is 2.72 bits per heavy atom. The zero-order valence-corrected chi connectivity index (χ0v) is 8.70. The number of hydrogen-bond acceptors (Lipinski definition) is 5. The van der Waals surface area contributed by atoms with Crippen LogP contribution in [0, 0.1) is 0 Å². The largest absolute Gasteiger partial charge is 0.418 e. The molecular weight excluding hydrogens is 251 g/mol. The first-order valence-electron chi connectivity index (χ1n) is 4.63. The molecule has 9 heteroatoms. The van der Waals surface area contributed by atoms with Crippen molar-refractivity contribution < 1.29 is 18.4 Å². The third kappa shape index (κ3) is 2.14. The van der Waals surface area contributed by atoms with Crippen LogP contribution in [-0.2, 0) is 6.18 Å². The van der Waals surface area contributed by atoms with Crippen molar-refractivity contribution in [2.75, 3.05) is 0 Å². The van der Waals surface area contributed by atoms with Gasteiger partial charge >= 0.3 is 6.18 Å². The second-order valence-corrected chi connectivity index (χ2v) is 3.16. The minimum atomic E-state index is -4.61. The Kier molecular flexibility index (Phi) is 2.96. The number of pyridine rings is 1. The summed E-state index contributed by atoms with van der Waals surface area (Å²) in [6, 6.07) is 1.98. The predicted octanol–water partition coefficient (Wildman–Crippen LogP) is 1.38. The third-order valence-electron chi connectivity index (χ3n) is 2.06. The van der Waals surface area contributed by atoms with Crippen LogP contribution < -0.4 is 0 Å². The third-order valence-corrected chi connectivity index (χ3v) is 2.06.